The molecule has 0 spiro atoms. The first-order valence-electron chi connectivity index (χ1n) is 7.34. The Morgan fingerprint density at radius 3 is 2.33 bits per heavy atom. The van der Waals surface area contributed by atoms with Crippen molar-refractivity contribution in [3.05, 3.63) is 35.9 Å². The highest BCUT2D eigenvalue weighted by atomic mass is 14.5. The summed E-state index contributed by atoms with van der Waals surface area (Å²) in [6.45, 7) is 7.93. The fraction of sp³-hybridized carbons (Fsp3) is 0.647. The Kier molecular flexibility index (Phi) is 6.42. The maximum atomic E-state index is 5.67. The van der Waals surface area contributed by atoms with E-state index in [9.17, 15) is 0 Å². The molecule has 18 heavy (non-hydrogen) atoms. The highest BCUT2D eigenvalue weighted by molar-refractivity contribution is 5.16. The quantitative estimate of drug-likeness (QED) is 0.723. The molecule has 1 unspecified atom stereocenters. The lowest BCUT2D eigenvalue weighted by molar-refractivity contribution is 0.181. The van der Waals surface area contributed by atoms with E-state index < -0.39 is 0 Å². The highest BCUT2D eigenvalue weighted by Gasteiger charge is 2.28. The number of nitrogens with two attached hydrogens (primary N) is 1. The average Bonchev–Trinajstić information content (AvgIpc) is 2.35. The number of hydrogen-bond acceptors (Lipinski definition) is 1. The highest BCUT2D eigenvalue weighted by Crippen LogP contribution is 2.37. The van der Waals surface area contributed by atoms with Gasteiger partial charge in [-0.1, -0.05) is 63.9 Å². The molecule has 1 aromatic rings. The van der Waals surface area contributed by atoms with Crippen LogP contribution in [0.1, 0.15) is 52.0 Å². The van der Waals surface area contributed by atoms with E-state index in [1.807, 2.05) is 0 Å². The molecule has 0 aliphatic carbocycles. The van der Waals surface area contributed by atoms with Gasteiger partial charge in [-0.3, -0.25) is 0 Å². The fourth-order valence-electron chi connectivity index (χ4n) is 2.90. The normalized spacial score (nSPS) is 13.6. The van der Waals surface area contributed by atoms with Crippen molar-refractivity contribution in [1.82, 2.24) is 0 Å². The van der Waals surface area contributed by atoms with Crippen LogP contribution < -0.4 is 5.73 Å². The van der Waals surface area contributed by atoms with Crippen LogP contribution in [0.15, 0.2) is 30.3 Å². The first-order chi connectivity index (χ1) is 8.60. The molecule has 1 aromatic carbocycles. The number of hydrogen-bond donors (Lipinski definition) is 1. The summed E-state index contributed by atoms with van der Waals surface area (Å²) in [7, 11) is 0. The van der Waals surface area contributed by atoms with Crippen LogP contribution in [-0.2, 0) is 6.42 Å². The summed E-state index contributed by atoms with van der Waals surface area (Å²) in [5.74, 6) is 0.784. The molecule has 0 saturated heterocycles. The van der Waals surface area contributed by atoms with Crippen LogP contribution in [0, 0.1) is 11.3 Å². The summed E-state index contributed by atoms with van der Waals surface area (Å²) in [4.78, 5) is 0. The molecular formula is C17H29N. The van der Waals surface area contributed by atoms with Gasteiger partial charge in [-0.15, -0.1) is 0 Å². The number of rotatable bonds is 8. The molecule has 0 aliphatic rings. The molecule has 1 nitrogen and oxygen atoms in total. The lowest BCUT2D eigenvalue weighted by atomic mass is 9.70. The zero-order valence-corrected chi connectivity index (χ0v) is 12.3. The van der Waals surface area contributed by atoms with Gasteiger partial charge in [-0.2, -0.15) is 0 Å². The lowest BCUT2D eigenvalue weighted by Gasteiger charge is -2.35. The molecule has 0 radical (unpaired) electrons. The van der Waals surface area contributed by atoms with Gasteiger partial charge in [0.25, 0.3) is 0 Å². The third kappa shape index (κ3) is 4.81. The molecule has 1 atom stereocenters. The third-order valence-electron chi connectivity index (χ3n) is 4.00. The Labute approximate surface area is 113 Å². The summed E-state index contributed by atoms with van der Waals surface area (Å²) in [5.41, 5.74) is 7.49. The Morgan fingerprint density at radius 2 is 1.78 bits per heavy atom. The minimum atomic E-state index is 0.368. The SMILES string of the molecule is CCCC(CCCN)C(C)(C)Cc1ccccc1. The standard InChI is InChI=1S/C17H29N/c1-4-9-16(12-8-13-18)17(2,3)14-15-10-6-5-7-11-15/h5-7,10-11,16H,4,8-9,12-14,18H2,1-3H3. The van der Waals surface area contributed by atoms with E-state index in [2.05, 4.69) is 51.1 Å². The molecule has 0 amide bonds. The van der Waals surface area contributed by atoms with Crippen molar-refractivity contribution >= 4 is 0 Å². The predicted octanol–water partition coefficient (Wildman–Crippen LogP) is 4.41. The van der Waals surface area contributed by atoms with E-state index in [-0.39, 0.29) is 0 Å². The largest absolute Gasteiger partial charge is 0.330 e. The van der Waals surface area contributed by atoms with Crippen molar-refractivity contribution in [2.45, 2.75) is 52.9 Å². The van der Waals surface area contributed by atoms with E-state index in [0.717, 1.165) is 18.9 Å². The Morgan fingerprint density at radius 1 is 1.11 bits per heavy atom. The summed E-state index contributed by atoms with van der Waals surface area (Å²) >= 11 is 0. The summed E-state index contributed by atoms with van der Waals surface area (Å²) in [6, 6.07) is 10.9. The molecule has 0 bridgehead atoms. The van der Waals surface area contributed by atoms with Crippen molar-refractivity contribution in [1.29, 1.82) is 0 Å². The second kappa shape index (κ2) is 7.58. The monoisotopic (exact) mass is 247 g/mol. The van der Waals surface area contributed by atoms with Gasteiger partial charge < -0.3 is 5.73 Å². The van der Waals surface area contributed by atoms with Crippen molar-refractivity contribution in [2.24, 2.45) is 17.1 Å². The predicted molar refractivity (Wildman–Crippen MR) is 80.6 cm³/mol. The zero-order valence-electron chi connectivity index (χ0n) is 12.3. The van der Waals surface area contributed by atoms with Crippen LogP contribution in [0.25, 0.3) is 0 Å². The molecule has 0 heterocycles. The third-order valence-corrected chi connectivity index (χ3v) is 4.00. The summed E-state index contributed by atoms with van der Waals surface area (Å²) in [5, 5.41) is 0. The van der Waals surface area contributed by atoms with Crippen LogP contribution in [-0.4, -0.2) is 6.54 Å². The van der Waals surface area contributed by atoms with Gasteiger partial charge in [0.2, 0.25) is 0 Å². The second-order valence-electron chi connectivity index (χ2n) is 6.07. The first-order valence-corrected chi connectivity index (χ1v) is 7.34. The van der Waals surface area contributed by atoms with Gasteiger partial charge in [0.05, 0.1) is 0 Å². The van der Waals surface area contributed by atoms with Crippen molar-refractivity contribution < 1.29 is 0 Å². The molecule has 102 valence electrons. The maximum absolute atomic E-state index is 5.67. The van der Waals surface area contributed by atoms with Crippen molar-refractivity contribution in [2.75, 3.05) is 6.54 Å². The van der Waals surface area contributed by atoms with E-state index in [1.165, 1.54) is 31.2 Å². The van der Waals surface area contributed by atoms with Gasteiger partial charge in [0.15, 0.2) is 0 Å². The Hall–Kier alpha value is -0.820. The van der Waals surface area contributed by atoms with E-state index in [1.54, 1.807) is 0 Å². The lowest BCUT2D eigenvalue weighted by Crippen LogP contribution is -2.27. The summed E-state index contributed by atoms with van der Waals surface area (Å²) in [6.07, 6.45) is 6.18. The van der Waals surface area contributed by atoms with E-state index in [4.69, 9.17) is 5.73 Å². The molecule has 1 heteroatoms. The fourth-order valence-corrected chi connectivity index (χ4v) is 2.90. The average molecular weight is 247 g/mol. The molecule has 2 N–H and O–H groups in total. The Balaban J connectivity index is 2.67. The van der Waals surface area contributed by atoms with Crippen LogP contribution in [0.3, 0.4) is 0 Å². The van der Waals surface area contributed by atoms with Crippen LogP contribution in [0.2, 0.25) is 0 Å². The van der Waals surface area contributed by atoms with Crippen LogP contribution >= 0.6 is 0 Å². The minimum absolute atomic E-state index is 0.368. The molecule has 0 aromatic heterocycles. The zero-order chi connectivity index (χ0) is 13.4. The van der Waals surface area contributed by atoms with Crippen molar-refractivity contribution in [3.8, 4) is 0 Å². The topological polar surface area (TPSA) is 26.0 Å². The van der Waals surface area contributed by atoms with Crippen molar-refractivity contribution in [3.63, 3.8) is 0 Å². The minimum Gasteiger partial charge on any atom is -0.330 e. The number of benzene rings is 1. The van der Waals surface area contributed by atoms with E-state index >= 15 is 0 Å². The van der Waals surface area contributed by atoms with Crippen LogP contribution in [0.5, 0.6) is 0 Å². The molecule has 0 fully saturated rings. The Bertz CT molecular complexity index is 316. The summed E-state index contributed by atoms with van der Waals surface area (Å²) < 4.78 is 0. The smallest absolute Gasteiger partial charge is 0.00772 e. The van der Waals surface area contributed by atoms with Gasteiger partial charge in [0, 0.05) is 0 Å². The van der Waals surface area contributed by atoms with Gasteiger partial charge in [0.1, 0.15) is 0 Å². The van der Waals surface area contributed by atoms with Gasteiger partial charge in [-0.25, -0.2) is 0 Å². The molecule has 1 rings (SSSR count). The maximum Gasteiger partial charge on any atom is -0.00772 e. The van der Waals surface area contributed by atoms with Gasteiger partial charge >= 0.3 is 0 Å². The molecular weight excluding hydrogens is 218 g/mol. The first kappa shape index (κ1) is 15.2. The second-order valence-corrected chi connectivity index (χ2v) is 6.07. The van der Waals surface area contributed by atoms with E-state index in [0.29, 0.717) is 5.41 Å². The molecule has 0 aliphatic heterocycles. The molecule has 0 saturated carbocycles. The van der Waals surface area contributed by atoms with Gasteiger partial charge in [-0.05, 0) is 42.7 Å². The van der Waals surface area contributed by atoms with Crippen LogP contribution in [0.4, 0.5) is 0 Å².